The zero-order valence-electron chi connectivity index (χ0n) is 13.4. The number of likely N-dealkylation sites (tertiary alicyclic amines) is 1. The maximum Gasteiger partial charge on any atom is 0.242 e. The lowest BCUT2D eigenvalue weighted by Gasteiger charge is -2.32. The number of nitrogens with zero attached hydrogens (tertiary/aromatic N) is 2. The third kappa shape index (κ3) is 5.26. The van der Waals surface area contributed by atoms with Gasteiger partial charge in [0, 0.05) is 38.4 Å². The van der Waals surface area contributed by atoms with Gasteiger partial charge in [0.15, 0.2) is 0 Å². The fraction of sp³-hybridized carbons (Fsp3) is 0.600. The highest BCUT2D eigenvalue weighted by molar-refractivity contribution is 7.89. The molecule has 1 aromatic rings. The number of rotatable bonds is 7. The smallest absolute Gasteiger partial charge is 0.242 e. The van der Waals surface area contributed by atoms with Crippen molar-refractivity contribution < 1.29 is 13.2 Å². The van der Waals surface area contributed by atoms with E-state index in [4.69, 9.17) is 0 Å². The molecule has 1 aliphatic rings. The maximum atomic E-state index is 12.1. The van der Waals surface area contributed by atoms with Crippen LogP contribution in [-0.4, -0.2) is 57.4 Å². The highest BCUT2D eigenvalue weighted by Gasteiger charge is 2.22. The third-order valence-electron chi connectivity index (χ3n) is 4.04. The van der Waals surface area contributed by atoms with Gasteiger partial charge in [0.1, 0.15) is 4.90 Å². The molecular weight excluding hydrogens is 316 g/mol. The zero-order chi connectivity index (χ0) is 16.7. The van der Waals surface area contributed by atoms with Crippen molar-refractivity contribution in [1.82, 2.24) is 19.9 Å². The summed E-state index contributed by atoms with van der Waals surface area (Å²) in [6, 6.07) is 3.04. The number of sulfonamides is 1. The maximum absolute atomic E-state index is 12.1. The van der Waals surface area contributed by atoms with Crippen LogP contribution in [0.4, 0.5) is 0 Å². The standard InChI is InChI=1S/C15H24N4O3S/c1-16-11-13-5-9-19(10-6-13)15(20)4-8-18-23(21,22)14-3-2-7-17-12-14/h2-3,7,12-13,16,18H,4-6,8-11H2,1H3. The number of piperidine rings is 1. The van der Waals surface area contributed by atoms with Crippen molar-refractivity contribution in [2.75, 3.05) is 33.2 Å². The molecule has 0 radical (unpaired) electrons. The second kappa shape index (κ2) is 8.37. The van der Waals surface area contributed by atoms with Gasteiger partial charge >= 0.3 is 0 Å². The van der Waals surface area contributed by atoms with Crippen LogP contribution >= 0.6 is 0 Å². The molecule has 0 unspecified atom stereocenters. The molecule has 2 rings (SSSR count). The highest BCUT2D eigenvalue weighted by Crippen LogP contribution is 2.16. The van der Waals surface area contributed by atoms with Gasteiger partial charge in [0.25, 0.3) is 0 Å². The van der Waals surface area contributed by atoms with Gasteiger partial charge in [-0.3, -0.25) is 9.78 Å². The summed E-state index contributed by atoms with van der Waals surface area (Å²) in [6.45, 7) is 2.58. The Morgan fingerprint density at radius 1 is 1.39 bits per heavy atom. The van der Waals surface area contributed by atoms with E-state index < -0.39 is 10.0 Å². The van der Waals surface area contributed by atoms with Crippen LogP contribution in [-0.2, 0) is 14.8 Å². The van der Waals surface area contributed by atoms with Crippen molar-refractivity contribution >= 4 is 15.9 Å². The molecule has 7 nitrogen and oxygen atoms in total. The molecule has 128 valence electrons. The zero-order valence-corrected chi connectivity index (χ0v) is 14.2. The summed E-state index contributed by atoms with van der Waals surface area (Å²) in [5.41, 5.74) is 0. The molecule has 1 amide bonds. The van der Waals surface area contributed by atoms with Crippen LogP contribution in [0.5, 0.6) is 0 Å². The van der Waals surface area contributed by atoms with E-state index >= 15 is 0 Å². The first-order valence-electron chi connectivity index (χ1n) is 7.85. The predicted molar refractivity (Wildman–Crippen MR) is 87.3 cm³/mol. The minimum Gasteiger partial charge on any atom is -0.343 e. The first-order valence-corrected chi connectivity index (χ1v) is 9.33. The van der Waals surface area contributed by atoms with Crippen LogP contribution < -0.4 is 10.0 Å². The highest BCUT2D eigenvalue weighted by atomic mass is 32.2. The summed E-state index contributed by atoms with van der Waals surface area (Å²) in [4.78, 5) is 17.9. The topological polar surface area (TPSA) is 91.4 Å². The molecule has 23 heavy (non-hydrogen) atoms. The van der Waals surface area contributed by atoms with Crippen LogP contribution in [0.2, 0.25) is 0 Å². The van der Waals surface area contributed by atoms with E-state index in [2.05, 4.69) is 15.0 Å². The van der Waals surface area contributed by atoms with Gasteiger partial charge in [0.2, 0.25) is 15.9 Å². The number of carbonyl (C=O) groups is 1. The molecule has 1 fully saturated rings. The largest absolute Gasteiger partial charge is 0.343 e. The fourth-order valence-electron chi connectivity index (χ4n) is 2.71. The molecule has 2 heterocycles. The molecule has 0 aliphatic carbocycles. The summed E-state index contributed by atoms with van der Waals surface area (Å²) >= 11 is 0. The Hall–Kier alpha value is -1.51. The first kappa shape index (κ1) is 17.8. The van der Waals surface area contributed by atoms with Crippen LogP contribution in [0.15, 0.2) is 29.4 Å². The number of nitrogens with one attached hydrogen (secondary N) is 2. The second-order valence-electron chi connectivity index (χ2n) is 5.72. The molecular formula is C15H24N4O3S. The number of pyridine rings is 1. The molecule has 0 atom stereocenters. The van der Waals surface area contributed by atoms with E-state index in [1.165, 1.54) is 18.5 Å². The average molecular weight is 340 g/mol. The third-order valence-corrected chi connectivity index (χ3v) is 5.48. The average Bonchev–Trinajstić information content (AvgIpc) is 2.56. The Bertz CT molecular complexity index is 598. The van der Waals surface area contributed by atoms with Crippen molar-refractivity contribution in [3.8, 4) is 0 Å². The molecule has 8 heteroatoms. The van der Waals surface area contributed by atoms with E-state index in [0.29, 0.717) is 5.92 Å². The normalized spacial score (nSPS) is 16.5. The van der Waals surface area contributed by atoms with E-state index in [9.17, 15) is 13.2 Å². The van der Waals surface area contributed by atoms with Gasteiger partial charge in [-0.15, -0.1) is 0 Å². The first-order chi connectivity index (χ1) is 11.0. The number of aromatic nitrogens is 1. The van der Waals surface area contributed by atoms with Gasteiger partial charge in [-0.05, 0) is 44.5 Å². The van der Waals surface area contributed by atoms with Crippen molar-refractivity contribution in [1.29, 1.82) is 0 Å². The Kier molecular flexibility index (Phi) is 6.49. The molecule has 1 saturated heterocycles. The molecule has 2 N–H and O–H groups in total. The van der Waals surface area contributed by atoms with Crippen LogP contribution in [0.25, 0.3) is 0 Å². The van der Waals surface area contributed by atoms with Crippen molar-refractivity contribution in [2.45, 2.75) is 24.2 Å². The SMILES string of the molecule is CNCC1CCN(C(=O)CCNS(=O)(=O)c2cccnc2)CC1. The quantitative estimate of drug-likeness (QED) is 0.740. The lowest BCUT2D eigenvalue weighted by Crippen LogP contribution is -2.41. The summed E-state index contributed by atoms with van der Waals surface area (Å²) in [7, 11) is -1.66. The Balaban J connectivity index is 1.75. The molecule has 0 aromatic carbocycles. The molecule has 1 aliphatic heterocycles. The van der Waals surface area contributed by atoms with Gasteiger partial charge < -0.3 is 10.2 Å². The minimum atomic E-state index is -3.59. The van der Waals surface area contributed by atoms with Crippen LogP contribution in [0.1, 0.15) is 19.3 Å². The molecule has 1 aromatic heterocycles. The van der Waals surface area contributed by atoms with Gasteiger partial charge in [0.05, 0.1) is 0 Å². The van der Waals surface area contributed by atoms with Crippen molar-refractivity contribution in [3.05, 3.63) is 24.5 Å². The van der Waals surface area contributed by atoms with Crippen LogP contribution in [0.3, 0.4) is 0 Å². The van der Waals surface area contributed by atoms with E-state index in [1.54, 1.807) is 6.07 Å². The minimum absolute atomic E-state index is 0.00166. The van der Waals surface area contributed by atoms with Gasteiger partial charge in [-0.25, -0.2) is 13.1 Å². The number of hydrogen-bond donors (Lipinski definition) is 2. The fourth-order valence-corrected chi connectivity index (χ4v) is 3.71. The van der Waals surface area contributed by atoms with Gasteiger partial charge in [-0.2, -0.15) is 0 Å². The summed E-state index contributed by atoms with van der Waals surface area (Å²) in [5.74, 6) is 0.620. The Morgan fingerprint density at radius 2 is 2.13 bits per heavy atom. The lowest BCUT2D eigenvalue weighted by atomic mass is 9.96. The number of carbonyl (C=O) groups excluding carboxylic acids is 1. The van der Waals surface area contributed by atoms with E-state index in [1.807, 2.05) is 11.9 Å². The Morgan fingerprint density at radius 3 is 2.74 bits per heavy atom. The van der Waals surface area contributed by atoms with E-state index in [0.717, 1.165) is 32.5 Å². The Labute approximate surface area is 137 Å². The summed E-state index contributed by atoms with van der Waals surface area (Å²) in [6.07, 6.45) is 4.97. The number of amides is 1. The van der Waals surface area contributed by atoms with Crippen molar-refractivity contribution in [3.63, 3.8) is 0 Å². The lowest BCUT2D eigenvalue weighted by molar-refractivity contribution is -0.132. The monoisotopic (exact) mass is 340 g/mol. The van der Waals surface area contributed by atoms with E-state index in [-0.39, 0.29) is 23.8 Å². The molecule has 0 spiro atoms. The van der Waals surface area contributed by atoms with Crippen LogP contribution in [0, 0.1) is 5.92 Å². The van der Waals surface area contributed by atoms with Crippen molar-refractivity contribution in [2.24, 2.45) is 5.92 Å². The second-order valence-corrected chi connectivity index (χ2v) is 7.49. The molecule has 0 saturated carbocycles. The summed E-state index contributed by atoms with van der Waals surface area (Å²) in [5, 5.41) is 3.16. The summed E-state index contributed by atoms with van der Waals surface area (Å²) < 4.78 is 26.5. The number of hydrogen-bond acceptors (Lipinski definition) is 5. The molecule has 0 bridgehead atoms. The van der Waals surface area contributed by atoms with Gasteiger partial charge in [-0.1, -0.05) is 0 Å². The predicted octanol–water partition coefficient (Wildman–Crippen LogP) is 0.208.